The van der Waals surface area contributed by atoms with Crippen LogP contribution in [0.15, 0.2) is 63.5 Å². The summed E-state index contributed by atoms with van der Waals surface area (Å²) < 4.78 is 6.67. The van der Waals surface area contributed by atoms with Gasteiger partial charge >= 0.3 is 0 Å². The zero-order valence-corrected chi connectivity index (χ0v) is 17.8. The standard InChI is InChI=1S/C20H10BrCl3N2O2/c21-11-2-5-14(22)13(8-11)20-26-17-9-12(3-6-18(17)28-20)25-19(27)10-1-4-15(23)16(24)7-10/h1-9H,(H,25,27). The molecule has 0 fully saturated rings. The normalized spacial score (nSPS) is 11.0. The number of carbonyl (C=O) groups excluding carboxylic acids is 1. The second kappa shape index (κ2) is 7.76. The second-order valence-corrected chi connectivity index (χ2v) is 8.05. The molecule has 1 heterocycles. The molecule has 0 aliphatic heterocycles. The SMILES string of the molecule is O=C(Nc1ccc2oc(-c3cc(Br)ccc3Cl)nc2c1)c1ccc(Cl)c(Cl)c1. The monoisotopic (exact) mass is 494 g/mol. The van der Waals surface area contributed by atoms with Crippen molar-refractivity contribution in [2.75, 3.05) is 5.32 Å². The van der Waals surface area contributed by atoms with Crippen LogP contribution in [-0.2, 0) is 0 Å². The Morgan fingerprint density at radius 2 is 1.71 bits per heavy atom. The van der Waals surface area contributed by atoms with Gasteiger partial charge in [0.1, 0.15) is 5.52 Å². The number of anilines is 1. The third kappa shape index (κ3) is 3.89. The molecule has 0 aliphatic rings. The van der Waals surface area contributed by atoms with Gasteiger partial charge in [-0.25, -0.2) is 4.98 Å². The zero-order valence-electron chi connectivity index (χ0n) is 14.0. The van der Waals surface area contributed by atoms with E-state index in [1.807, 2.05) is 12.1 Å². The van der Waals surface area contributed by atoms with E-state index >= 15 is 0 Å². The van der Waals surface area contributed by atoms with Gasteiger partial charge < -0.3 is 9.73 Å². The van der Waals surface area contributed by atoms with Gasteiger partial charge in [0.2, 0.25) is 5.89 Å². The van der Waals surface area contributed by atoms with E-state index in [2.05, 4.69) is 26.2 Å². The number of aromatic nitrogens is 1. The summed E-state index contributed by atoms with van der Waals surface area (Å²) in [5.41, 5.74) is 2.82. The van der Waals surface area contributed by atoms with Crippen LogP contribution >= 0.6 is 50.7 Å². The number of halogens is 4. The van der Waals surface area contributed by atoms with Crippen molar-refractivity contribution in [3.63, 3.8) is 0 Å². The number of amides is 1. The summed E-state index contributed by atoms with van der Waals surface area (Å²) >= 11 is 21.5. The number of nitrogens with one attached hydrogen (secondary N) is 1. The van der Waals surface area contributed by atoms with E-state index in [0.717, 1.165) is 4.47 Å². The first-order valence-corrected chi connectivity index (χ1v) is 9.96. The zero-order chi connectivity index (χ0) is 19.8. The lowest BCUT2D eigenvalue weighted by Gasteiger charge is -2.06. The molecule has 0 radical (unpaired) electrons. The predicted octanol–water partition coefficient (Wildman–Crippen LogP) is 7.47. The lowest BCUT2D eigenvalue weighted by Crippen LogP contribution is -2.11. The van der Waals surface area contributed by atoms with Crippen molar-refractivity contribution < 1.29 is 9.21 Å². The fourth-order valence-corrected chi connectivity index (χ4v) is 3.48. The lowest BCUT2D eigenvalue weighted by atomic mass is 10.2. The first kappa shape index (κ1) is 19.3. The van der Waals surface area contributed by atoms with Crippen LogP contribution in [0.5, 0.6) is 0 Å². The third-order valence-corrected chi connectivity index (χ3v) is 5.55. The van der Waals surface area contributed by atoms with Crippen LogP contribution < -0.4 is 5.32 Å². The van der Waals surface area contributed by atoms with Crippen LogP contribution in [0.25, 0.3) is 22.6 Å². The Kier molecular flexibility index (Phi) is 5.34. The van der Waals surface area contributed by atoms with E-state index in [4.69, 9.17) is 39.2 Å². The third-order valence-electron chi connectivity index (χ3n) is 3.99. The number of carbonyl (C=O) groups is 1. The van der Waals surface area contributed by atoms with Crippen LogP contribution in [0.1, 0.15) is 10.4 Å². The number of fused-ring (bicyclic) bond motifs is 1. The maximum absolute atomic E-state index is 12.4. The van der Waals surface area contributed by atoms with Crippen LogP contribution in [0.3, 0.4) is 0 Å². The van der Waals surface area contributed by atoms with E-state index < -0.39 is 0 Å². The quantitative estimate of drug-likeness (QED) is 0.320. The Balaban J connectivity index is 1.63. The fourth-order valence-electron chi connectivity index (χ4n) is 2.62. The first-order valence-electron chi connectivity index (χ1n) is 8.03. The number of hydrogen-bond acceptors (Lipinski definition) is 3. The molecular weight excluding hydrogens is 486 g/mol. The molecule has 0 saturated heterocycles. The molecule has 1 amide bonds. The van der Waals surface area contributed by atoms with Crippen molar-refractivity contribution in [1.29, 1.82) is 0 Å². The summed E-state index contributed by atoms with van der Waals surface area (Å²) in [5.74, 6) is 0.0888. The summed E-state index contributed by atoms with van der Waals surface area (Å²) in [5, 5.41) is 4.05. The molecule has 140 valence electrons. The van der Waals surface area contributed by atoms with Crippen LogP contribution in [0.2, 0.25) is 15.1 Å². The van der Waals surface area contributed by atoms with Gasteiger partial charge in [0.05, 0.1) is 20.6 Å². The number of nitrogens with zero attached hydrogens (tertiary/aromatic N) is 1. The molecule has 28 heavy (non-hydrogen) atoms. The Morgan fingerprint density at radius 1 is 0.929 bits per heavy atom. The maximum atomic E-state index is 12.4. The molecule has 0 unspecified atom stereocenters. The van der Waals surface area contributed by atoms with Gasteiger partial charge in [0.25, 0.3) is 5.91 Å². The van der Waals surface area contributed by atoms with E-state index in [0.29, 0.717) is 48.9 Å². The second-order valence-electron chi connectivity index (χ2n) is 5.91. The van der Waals surface area contributed by atoms with Crippen molar-refractivity contribution in [3.05, 3.63) is 79.7 Å². The number of oxazole rings is 1. The number of hydrogen-bond donors (Lipinski definition) is 1. The molecule has 0 spiro atoms. The molecule has 0 aliphatic carbocycles. The molecule has 0 saturated carbocycles. The molecule has 4 nitrogen and oxygen atoms in total. The fraction of sp³-hybridized carbons (Fsp3) is 0. The topological polar surface area (TPSA) is 55.1 Å². The van der Waals surface area contributed by atoms with Crippen LogP contribution in [0, 0.1) is 0 Å². The molecule has 1 aromatic heterocycles. The van der Waals surface area contributed by atoms with Crippen LogP contribution in [0.4, 0.5) is 5.69 Å². The maximum Gasteiger partial charge on any atom is 0.255 e. The summed E-state index contributed by atoms with van der Waals surface area (Å²) in [6.07, 6.45) is 0. The van der Waals surface area contributed by atoms with Gasteiger partial charge in [0, 0.05) is 15.7 Å². The highest BCUT2D eigenvalue weighted by Crippen LogP contribution is 2.33. The highest BCUT2D eigenvalue weighted by molar-refractivity contribution is 9.10. The minimum Gasteiger partial charge on any atom is -0.436 e. The van der Waals surface area contributed by atoms with E-state index in [1.54, 1.807) is 36.4 Å². The summed E-state index contributed by atoms with van der Waals surface area (Å²) in [6.45, 7) is 0. The van der Waals surface area contributed by atoms with Gasteiger partial charge in [-0.15, -0.1) is 0 Å². The Morgan fingerprint density at radius 3 is 2.50 bits per heavy atom. The van der Waals surface area contributed by atoms with Gasteiger partial charge in [-0.1, -0.05) is 50.7 Å². The van der Waals surface area contributed by atoms with Crippen molar-refractivity contribution in [2.45, 2.75) is 0 Å². The summed E-state index contributed by atoms with van der Waals surface area (Å²) in [6, 6.07) is 15.3. The highest BCUT2D eigenvalue weighted by atomic mass is 79.9. The van der Waals surface area contributed by atoms with E-state index in [-0.39, 0.29) is 5.91 Å². The van der Waals surface area contributed by atoms with Gasteiger partial charge in [-0.2, -0.15) is 0 Å². The molecule has 0 atom stereocenters. The molecule has 0 bridgehead atoms. The van der Waals surface area contributed by atoms with Crippen molar-refractivity contribution >= 4 is 73.4 Å². The van der Waals surface area contributed by atoms with Gasteiger partial charge in [-0.3, -0.25) is 4.79 Å². The summed E-state index contributed by atoms with van der Waals surface area (Å²) in [4.78, 5) is 16.9. The predicted molar refractivity (Wildman–Crippen MR) is 117 cm³/mol. The summed E-state index contributed by atoms with van der Waals surface area (Å²) in [7, 11) is 0. The Labute approximate surface area is 183 Å². The minimum absolute atomic E-state index is 0.309. The molecule has 8 heteroatoms. The van der Waals surface area contributed by atoms with Crippen molar-refractivity contribution in [3.8, 4) is 11.5 Å². The van der Waals surface area contributed by atoms with Crippen LogP contribution in [-0.4, -0.2) is 10.9 Å². The van der Waals surface area contributed by atoms with Crippen molar-refractivity contribution in [2.24, 2.45) is 0 Å². The molecule has 1 N–H and O–H groups in total. The minimum atomic E-state index is -0.309. The lowest BCUT2D eigenvalue weighted by molar-refractivity contribution is 0.102. The van der Waals surface area contributed by atoms with Gasteiger partial charge in [-0.05, 0) is 54.6 Å². The molecule has 3 aromatic carbocycles. The number of benzene rings is 3. The first-order chi connectivity index (χ1) is 13.4. The molecular formula is C20H10BrCl3N2O2. The smallest absolute Gasteiger partial charge is 0.255 e. The largest absolute Gasteiger partial charge is 0.436 e. The van der Waals surface area contributed by atoms with E-state index in [9.17, 15) is 4.79 Å². The highest BCUT2D eigenvalue weighted by Gasteiger charge is 2.14. The number of rotatable bonds is 3. The van der Waals surface area contributed by atoms with E-state index in [1.165, 1.54) is 6.07 Å². The molecule has 4 aromatic rings. The van der Waals surface area contributed by atoms with Gasteiger partial charge in [0.15, 0.2) is 5.58 Å². The Hall–Kier alpha value is -2.05. The average molecular weight is 497 g/mol. The van der Waals surface area contributed by atoms with Crippen molar-refractivity contribution in [1.82, 2.24) is 4.98 Å². The molecule has 4 rings (SSSR count). The Bertz CT molecular complexity index is 1220. The average Bonchev–Trinajstić information content (AvgIpc) is 3.09.